The highest BCUT2D eigenvalue weighted by Crippen LogP contribution is 2.20. The second kappa shape index (κ2) is 8.51. The summed E-state index contributed by atoms with van der Waals surface area (Å²) in [5.74, 6) is 0.281. The Balaban J connectivity index is 1.76. The Morgan fingerprint density at radius 2 is 1.91 bits per heavy atom. The van der Waals surface area contributed by atoms with Crippen LogP contribution >= 0.6 is 0 Å². The molecule has 0 spiro atoms. The molecule has 3 heteroatoms. The summed E-state index contributed by atoms with van der Waals surface area (Å²) in [5, 5.41) is 13.2. The Hall–Kier alpha value is -2.10. The second-order valence-electron chi connectivity index (χ2n) is 6.08. The normalized spacial score (nSPS) is 12.1. The van der Waals surface area contributed by atoms with Crippen LogP contribution in [0.4, 0.5) is 0 Å². The summed E-state index contributed by atoms with van der Waals surface area (Å²) < 4.78 is 0. The molecule has 3 nitrogen and oxygen atoms in total. The van der Waals surface area contributed by atoms with Gasteiger partial charge in [0.25, 0.3) is 0 Å². The van der Waals surface area contributed by atoms with E-state index in [9.17, 15) is 5.11 Å². The lowest BCUT2D eigenvalue weighted by atomic mass is 10.0. The molecule has 0 bridgehead atoms. The molecule has 2 aromatic rings. The van der Waals surface area contributed by atoms with Crippen molar-refractivity contribution in [1.29, 1.82) is 0 Å². The van der Waals surface area contributed by atoms with Gasteiger partial charge in [-0.1, -0.05) is 42.5 Å². The van der Waals surface area contributed by atoms with Crippen molar-refractivity contribution in [3.8, 4) is 5.75 Å². The molecule has 2 aromatic carbocycles. The van der Waals surface area contributed by atoms with Gasteiger partial charge in [-0.2, -0.15) is 0 Å². The average molecular weight is 310 g/mol. The van der Waals surface area contributed by atoms with E-state index in [0.29, 0.717) is 6.54 Å². The molecule has 1 atom stereocenters. The number of allylic oxidation sites excluding steroid dienone is 1. The van der Waals surface area contributed by atoms with E-state index in [4.69, 9.17) is 5.73 Å². The molecule has 0 heterocycles. The maximum Gasteiger partial charge on any atom is 0.116 e. The van der Waals surface area contributed by atoms with Crippen LogP contribution in [0.5, 0.6) is 5.75 Å². The SMILES string of the molecule is C=C(C)c1cc(O)cc(CNCC[C@@H](N)Cc2ccccc2)c1. The molecule has 0 fully saturated rings. The van der Waals surface area contributed by atoms with Crippen LogP contribution in [0.1, 0.15) is 30.0 Å². The first kappa shape index (κ1) is 17.3. The van der Waals surface area contributed by atoms with Gasteiger partial charge in [0.05, 0.1) is 0 Å². The van der Waals surface area contributed by atoms with Crippen molar-refractivity contribution in [3.63, 3.8) is 0 Å². The van der Waals surface area contributed by atoms with Crippen molar-refractivity contribution in [3.05, 3.63) is 71.8 Å². The van der Waals surface area contributed by atoms with Crippen LogP contribution in [0, 0.1) is 0 Å². The van der Waals surface area contributed by atoms with E-state index < -0.39 is 0 Å². The number of aromatic hydroxyl groups is 1. The Morgan fingerprint density at radius 1 is 1.17 bits per heavy atom. The summed E-state index contributed by atoms with van der Waals surface area (Å²) >= 11 is 0. The van der Waals surface area contributed by atoms with E-state index in [1.54, 1.807) is 12.1 Å². The number of phenols is 1. The van der Waals surface area contributed by atoms with Crippen molar-refractivity contribution in [2.24, 2.45) is 5.73 Å². The Morgan fingerprint density at radius 3 is 2.61 bits per heavy atom. The fraction of sp³-hybridized carbons (Fsp3) is 0.300. The number of phenolic OH excluding ortho intramolecular Hbond substituents is 1. The summed E-state index contributed by atoms with van der Waals surface area (Å²) in [7, 11) is 0. The molecule has 0 amide bonds. The van der Waals surface area contributed by atoms with E-state index in [2.05, 4.69) is 30.1 Å². The molecular formula is C20H26N2O. The number of benzene rings is 2. The van der Waals surface area contributed by atoms with Gasteiger partial charge in [0.15, 0.2) is 0 Å². The van der Waals surface area contributed by atoms with Gasteiger partial charge >= 0.3 is 0 Å². The predicted molar refractivity (Wildman–Crippen MR) is 97.3 cm³/mol. The smallest absolute Gasteiger partial charge is 0.116 e. The van der Waals surface area contributed by atoms with E-state index in [0.717, 1.165) is 36.1 Å². The molecule has 0 unspecified atom stereocenters. The molecule has 0 saturated carbocycles. The first-order chi connectivity index (χ1) is 11.0. The monoisotopic (exact) mass is 310 g/mol. The topological polar surface area (TPSA) is 58.3 Å². The van der Waals surface area contributed by atoms with Crippen LogP contribution in [0.25, 0.3) is 5.57 Å². The van der Waals surface area contributed by atoms with Gasteiger partial charge in [0.1, 0.15) is 5.75 Å². The van der Waals surface area contributed by atoms with Gasteiger partial charge in [-0.25, -0.2) is 0 Å². The van der Waals surface area contributed by atoms with Crippen molar-refractivity contribution in [2.45, 2.75) is 32.4 Å². The van der Waals surface area contributed by atoms with Gasteiger partial charge in [0.2, 0.25) is 0 Å². The highest BCUT2D eigenvalue weighted by molar-refractivity contribution is 5.63. The summed E-state index contributed by atoms with van der Waals surface area (Å²) in [6.45, 7) is 7.43. The summed E-state index contributed by atoms with van der Waals surface area (Å²) in [6, 6.07) is 16.1. The number of hydrogen-bond donors (Lipinski definition) is 3. The number of hydrogen-bond acceptors (Lipinski definition) is 3. The first-order valence-corrected chi connectivity index (χ1v) is 8.03. The molecule has 0 aliphatic heterocycles. The van der Waals surface area contributed by atoms with Crippen molar-refractivity contribution in [2.75, 3.05) is 6.54 Å². The summed E-state index contributed by atoms with van der Waals surface area (Å²) in [5.41, 5.74) is 10.4. The lowest BCUT2D eigenvalue weighted by molar-refractivity contribution is 0.473. The minimum Gasteiger partial charge on any atom is -0.508 e. The molecule has 0 aromatic heterocycles. The molecule has 0 radical (unpaired) electrons. The third-order valence-corrected chi connectivity index (χ3v) is 3.83. The van der Waals surface area contributed by atoms with Gasteiger partial charge in [-0.05, 0) is 61.2 Å². The molecule has 23 heavy (non-hydrogen) atoms. The van der Waals surface area contributed by atoms with E-state index in [1.165, 1.54) is 5.56 Å². The average Bonchev–Trinajstić information content (AvgIpc) is 2.52. The quantitative estimate of drug-likeness (QED) is 0.654. The van der Waals surface area contributed by atoms with E-state index in [1.807, 2.05) is 25.1 Å². The van der Waals surface area contributed by atoms with Gasteiger partial charge in [-0.3, -0.25) is 0 Å². The van der Waals surface area contributed by atoms with Crippen LogP contribution in [-0.2, 0) is 13.0 Å². The minimum atomic E-state index is 0.153. The zero-order valence-electron chi connectivity index (χ0n) is 13.8. The molecule has 4 N–H and O–H groups in total. The fourth-order valence-corrected chi connectivity index (χ4v) is 2.56. The highest BCUT2D eigenvalue weighted by atomic mass is 16.3. The largest absolute Gasteiger partial charge is 0.508 e. The zero-order valence-corrected chi connectivity index (χ0v) is 13.8. The molecule has 2 rings (SSSR count). The van der Waals surface area contributed by atoms with E-state index >= 15 is 0 Å². The zero-order chi connectivity index (χ0) is 16.7. The van der Waals surface area contributed by atoms with Crippen LogP contribution < -0.4 is 11.1 Å². The van der Waals surface area contributed by atoms with Crippen LogP contribution in [0.15, 0.2) is 55.1 Å². The molecule has 122 valence electrons. The number of nitrogens with two attached hydrogens (primary N) is 1. The summed E-state index contributed by atoms with van der Waals surface area (Å²) in [4.78, 5) is 0. The lowest BCUT2D eigenvalue weighted by Gasteiger charge is -2.13. The third-order valence-electron chi connectivity index (χ3n) is 3.83. The van der Waals surface area contributed by atoms with Gasteiger partial charge in [0, 0.05) is 12.6 Å². The standard InChI is InChI=1S/C20H26N2O/c1-15(2)18-10-17(12-20(23)13-18)14-22-9-8-19(21)11-16-6-4-3-5-7-16/h3-7,10,12-13,19,22-23H,1,8-9,11,14,21H2,2H3/t19-/m1/s1. The Bertz CT molecular complexity index is 637. The van der Waals surface area contributed by atoms with Crippen molar-refractivity contribution >= 4 is 5.57 Å². The Kier molecular flexibility index (Phi) is 6.39. The maximum atomic E-state index is 9.76. The lowest BCUT2D eigenvalue weighted by Crippen LogP contribution is -2.28. The second-order valence-corrected chi connectivity index (χ2v) is 6.08. The van der Waals surface area contributed by atoms with Gasteiger partial charge < -0.3 is 16.2 Å². The molecular weight excluding hydrogens is 284 g/mol. The Labute approximate surface area is 138 Å². The van der Waals surface area contributed by atoms with Crippen molar-refractivity contribution < 1.29 is 5.11 Å². The van der Waals surface area contributed by atoms with E-state index in [-0.39, 0.29) is 11.8 Å². The maximum absolute atomic E-state index is 9.76. The third kappa shape index (κ3) is 5.89. The number of nitrogens with one attached hydrogen (secondary N) is 1. The summed E-state index contributed by atoms with van der Waals surface area (Å²) in [6.07, 6.45) is 1.81. The first-order valence-electron chi connectivity index (χ1n) is 8.03. The predicted octanol–water partition coefficient (Wildman–Crippen LogP) is 3.48. The van der Waals surface area contributed by atoms with Crippen LogP contribution in [-0.4, -0.2) is 17.7 Å². The highest BCUT2D eigenvalue weighted by Gasteiger charge is 2.05. The fourth-order valence-electron chi connectivity index (χ4n) is 2.56. The van der Waals surface area contributed by atoms with Crippen LogP contribution in [0.2, 0.25) is 0 Å². The minimum absolute atomic E-state index is 0.153. The molecule has 0 aliphatic carbocycles. The number of rotatable bonds is 8. The van der Waals surface area contributed by atoms with Crippen molar-refractivity contribution in [1.82, 2.24) is 5.32 Å². The van der Waals surface area contributed by atoms with Crippen LogP contribution in [0.3, 0.4) is 0 Å². The molecule has 0 aliphatic rings. The molecule has 0 saturated heterocycles. The van der Waals surface area contributed by atoms with Gasteiger partial charge in [-0.15, -0.1) is 0 Å².